The standard InChI is InChI=1S/C18H27N3/c1-14-16-7-3-4-8-17(16)20(2)18(14)13-21-11-5-6-15(12-21)9-10-19/h3-4,7-8,15H,5-6,9-13,19H2,1-2H3. The molecule has 0 amide bonds. The molecule has 0 spiro atoms. The van der Waals surface area contributed by atoms with Gasteiger partial charge in [-0.15, -0.1) is 0 Å². The number of fused-ring (bicyclic) bond motifs is 1. The van der Waals surface area contributed by atoms with Crippen molar-refractivity contribution < 1.29 is 0 Å². The summed E-state index contributed by atoms with van der Waals surface area (Å²) in [5, 5.41) is 1.39. The first-order valence-corrected chi connectivity index (χ1v) is 8.16. The summed E-state index contributed by atoms with van der Waals surface area (Å²) in [4.78, 5) is 2.62. The molecule has 2 heterocycles. The largest absolute Gasteiger partial charge is 0.346 e. The van der Waals surface area contributed by atoms with E-state index in [1.54, 1.807) is 0 Å². The fourth-order valence-corrected chi connectivity index (χ4v) is 3.84. The summed E-state index contributed by atoms with van der Waals surface area (Å²) < 4.78 is 2.37. The van der Waals surface area contributed by atoms with Crippen LogP contribution in [0.15, 0.2) is 24.3 Å². The number of aryl methyl sites for hydroxylation is 2. The first-order chi connectivity index (χ1) is 10.2. The molecule has 1 saturated heterocycles. The molecular weight excluding hydrogens is 258 g/mol. The molecule has 2 aromatic rings. The first kappa shape index (κ1) is 14.6. The lowest BCUT2D eigenvalue weighted by atomic mass is 9.94. The summed E-state index contributed by atoms with van der Waals surface area (Å²) >= 11 is 0. The van der Waals surface area contributed by atoms with Gasteiger partial charge in [0.15, 0.2) is 0 Å². The van der Waals surface area contributed by atoms with Crippen LogP contribution in [0, 0.1) is 12.8 Å². The van der Waals surface area contributed by atoms with Crippen LogP contribution in [0.5, 0.6) is 0 Å². The maximum absolute atomic E-state index is 5.73. The second-order valence-corrected chi connectivity index (χ2v) is 6.47. The summed E-state index contributed by atoms with van der Waals surface area (Å²) in [6, 6.07) is 8.72. The molecule has 114 valence electrons. The van der Waals surface area contributed by atoms with Gasteiger partial charge in [-0.2, -0.15) is 0 Å². The van der Waals surface area contributed by atoms with Crippen LogP contribution in [0.1, 0.15) is 30.5 Å². The second-order valence-electron chi connectivity index (χ2n) is 6.47. The lowest BCUT2D eigenvalue weighted by molar-refractivity contribution is 0.160. The van der Waals surface area contributed by atoms with Crippen molar-refractivity contribution >= 4 is 10.9 Å². The minimum absolute atomic E-state index is 0.791. The number of benzene rings is 1. The Morgan fingerprint density at radius 2 is 2.10 bits per heavy atom. The summed E-state index contributed by atoms with van der Waals surface area (Å²) in [5.41, 5.74) is 9.98. The van der Waals surface area contributed by atoms with Crippen molar-refractivity contribution in [2.24, 2.45) is 18.7 Å². The topological polar surface area (TPSA) is 34.2 Å². The molecular formula is C18H27N3. The zero-order valence-corrected chi connectivity index (χ0v) is 13.3. The van der Waals surface area contributed by atoms with E-state index in [0.29, 0.717) is 0 Å². The van der Waals surface area contributed by atoms with Gasteiger partial charge in [0.2, 0.25) is 0 Å². The van der Waals surface area contributed by atoms with Crippen LogP contribution in [-0.4, -0.2) is 29.1 Å². The Hall–Kier alpha value is -1.32. The lowest BCUT2D eigenvalue weighted by Gasteiger charge is -2.32. The molecule has 3 rings (SSSR count). The number of nitrogens with zero attached hydrogens (tertiary/aromatic N) is 2. The SMILES string of the molecule is Cc1c(CN2CCCC(CCN)C2)n(C)c2ccccc12. The molecule has 3 nitrogen and oxygen atoms in total. The van der Waals surface area contributed by atoms with Gasteiger partial charge in [0.25, 0.3) is 0 Å². The van der Waals surface area contributed by atoms with Crippen LogP contribution >= 0.6 is 0 Å². The molecule has 0 aliphatic carbocycles. The number of rotatable bonds is 4. The Labute approximate surface area is 127 Å². The van der Waals surface area contributed by atoms with Crippen LogP contribution < -0.4 is 5.73 Å². The molecule has 1 aromatic heterocycles. The van der Waals surface area contributed by atoms with Crippen LogP contribution in [0.2, 0.25) is 0 Å². The van der Waals surface area contributed by atoms with E-state index in [1.807, 2.05) is 0 Å². The Bertz CT molecular complexity index is 573. The molecule has 1 fully saturated rings. The van der Waals surface area contributed by atoms with Crippen molar-refractivity contribution in [2.75, 3.05) is 19.6 Å². The average molecular weight is 285 g/mol. The van der Waals surface area contributed by atoms with Gasteiger partial charge < -0.3 is 10.3 Å². The number of nitrogens with two attached hydrogens (primary N) is 1. The van der Waals surface area contributed by atoms with Gasteiger partial charge in [-0.05, 0) is 56.8 Å². The highest BCUT2D eigenvalue weighted by atomic mass is 15.2. The van der Waals surface area contributed by atoms with E-state index >= 15 is 0 Å². The van der Waals surface area contributed by atoms with Gasteiger partial charge in [-0.3, -0.25) is 4.90 Å². The molecule has 1 aliphatic heterocycles. The second kappa shape index (κ2) is 6.20. The smallest absolute Gasteiger partial charge is 0.0483 e. The van der Waals surface area contributed by atoms with E-state index in [2.05, 4.69) is 47.7 Å². The molecule has 0 saturated carbocycles. The zero-order chi connectivity index (χ0) is 14.8. The maximum Gasteiger partial charge on any atom is 0.0483 e. The van der Waals surface area contributed by atoms with Gasteiger partial charge in [0, 0.05) is 36.7 Å². The zero-order valence-electron chi connectivity index (χ0n) is 13.3. The normalized spacial score (nSPS) is 20.2. The fourth-order valence-electron chi connectivity index (χ4n) is 3.84. The van der Waals surface area contributed by atoms with Gasteiger partial charge in [-0.1, -0.05) is 18.2 Å². The Morgan fingerprint density at radius 3 is 2.86 bits per heavy atom. The van der Waals surface area contributed by atoms with Crippen LogP contribution in [0.3, 0.4) is 0 Å². The van der Waals surface area contributed by atoms with E-state index in [1.165, 1.54) is 54.5 Å². The molecule has 0 bridgehead atoms. The van der Waals surface area contributed by atoms with Crippen molar-refractivity contribution in [3.05, 3.63) is 35.5 Å². The predicted octanol–water partition coefficient (Wildman–Crippen LogP) is 3.05. The molecule has 1 aromatic carbocycles. The minimum atomic E-state index is 0.791. The molecule has 3 heteroatoms. The first-order valence-electron chi connectivity index (χ1n) is 8.16. The van der Waals surface area contributed by atoms with Gasteiger partial charge in [-0.25, -0.2) is 0 Å². The highest BCUT2D eigenvalue weighted by molar-refractivity contribution is 5.85. The van der Waals surface area contributed by atoms with E-state index in [9.17, 15) is 0 Å². The minimum Gasteiger partial charge on any atom is -0.346 e. The number of aromatic nitrogens is 1. The maximum atomic E-state index is 5.73. The van der Waals surface area contributed by atoms with Gasteiger partial charge >= 0.3 is 0 Å². The summed E-state index contributed by atoms with van der Waals surface area (Å²) in [5.74, 6) is 0.791. The highest BCUT2D eigenvalue weighted by Gasteiger charge is 2.21. The van der Waals surface area contributed by atoms with Crippen molar-refractivity contribution in [3.8, 4) is 0 Å². The third-order valence-corrected chi connectivity index (χ3v) is 5.06. The van der Waals surface area contributed by atoms with Crippen LogP contribution in [0.4, 0.5) is 0 Å². The summed E-state index contributed by atoms with van der Waals surface area (Å²) in [6.45, 7) is 6.59. The molecule has 21 heavy (non-hydrogen) atoms. The monoisotopic (exact) mass is 285 g/mol. The van der Waals surface area contributed by atoms with Gasteiger partial charge in [0.05, 0.1) is 0 Å². The van der Waals surface area contributed by atoms with Crippen LogP contribution in [0.25, 0.3) is 10.9 Å². The Balaban J connectivity index is 1.81. The van der Waals surface area contributed by atoms with Gasteiger partial charge in [0.1, 0.15) is 0 Å². The van der Waals surface area contributed by atoms with E-state index in [0.717, 1.165) is 19.0 Å². The van der Waals surface area contributed by atoms with E-state index in [4.69, 9.17) is 5.73 Å². The van der Waals surface area contributed by atoms with Crippen molar-refractivity contribution in [3.63, 3.8) is 0 Å². The molecule has 1 atom stereocenters. The predicted molar refractivity (Wildman–Crippen MR) is 89.3 cm³/mol. The number of para-hydroxylation sites is 1. The summed E-state index contributed by atoms with van der Waals surface area (Å²) in [6.07, 6.45) is 3.83. The van der Waals surface area contributed by atoms with Crippen molar-refractivity contribution in [1.29, 1.82) is 0 Å². The van der Waals surface area contributed by atoms with E-state index < -0.39 is 0 Å². The molecule has 2 N–H and O–H groups in total. The molecule has 1 aliphatic rings. The molecule has 1 unspecified atom stereocenters. The average Bonchev–Trinajstić information content (AvgIpc) is 2.74. The quantitative estimate of drug-likeness (QED) is 0.937. The van der Waals surface area contributed by atoms with Crippen LogP contribution in [-0.2, 0) is 13.6 Å². The number of hydrogen-bond donors (Lipinski definition) is 1. The highest BCUT2D eigenvalue weighted by Crippen LogP contribution is 2.27. The Kier molecular flexibility index (Phi) is 4.32. The van der Waals surface area contributed by atoms with Crippen molar-refractivity contribution in [2.45, 2.75) is 32.7 Å². The third kappa shape index (κ3) is 2.85. The number of hydrogen-bond acceptors (Lipinski definition) is 2. The summed E-state index contributed by atoms with van der Waals surface area (Å²) in [7, 11) is 2.20. The fraction of sp³-hybridized carbons (Fsp3) is 0.556. The third-order valence-electron chi connectivity index (χ3n) is 5.06. The van der Waals surface area contributed by atoms with E-state index in [-0.39, 0.29) is 0 Å². The number of likely N-dealkylation sites (tertiary alicyclic amines) is 1. The van der Waals surface area contributed by atoms with Crippen molar-refractivity contribution in [1.82, 2.24) is 9.47 Å². The Morgan fingerprint density at radius 1 is 1.29 bits per heavy atom. The molecule has 0 radical (unpaired) electrons. The lowest BCUT2D eigenvalue weighted by Crippen LogP contribution is -2.36. The number of piperidine rings is 1.